The predicted octanol–water partition coefficient (Wildman–Crippen LogP) is 0.0423. The van der Waals surface area contributed by atoms with Gasteiger partial charge in [-0.1, -0.05) is 0 Å². The van der Waals surface area contributed by atoms with Crippen molar-refractivity contribution in [3.63, 3.8) is 0 Å². The lowest BCUT2D eigenvalue weighted by molar-refractivity contribution is -0.136. The molecule has 21 heavy (non-hydrogen) atoms. The fourth-order valence-corrected chi connectivity index (χ4v) is 4.23. The van der Waals surface area contributed by atoms with Gasteiger partial charge < -0.3 is 4.90 Å². The Kier molecular flexibility index (Phi) is 5.51. The van der Waals surface area contributed by atoms with Gasteiger partial charge in [0, 0.05) is 42.6 Å². The summed E-state index contributed by atoms with van der Waals surface area (Å²) >= 11 is 1.97. The molecule has 0 saturated carbocycles. The Hall–Kier alpha value is -0.790. The van der Waals surface area contributed by atoms with Gasteiger partial charge in [-0.2, -0.15) is 11.8 Å². The molecule has 0 aliphatic carbocycles. The summed E-state index contributed by atoms with van der Waals surface area (Å²) in [6.07, 6.45) is 1.41. The first kappa shape index (κ1) is 16.6. The zero-order valence-corrected chi connectivity index (χ0v) is 13.7. The Labute approximate surface area is 130 Å². The lowest BCUT2D eigenvalue weighted by Crippen LogP contribution is -2.50. The zero-order chi connectivity index (χ0) is 15.5. The van der Waals surface area contributed by atoms with Gasteiger partial charge in [-0.15, -0.1) is 0 Å². The average molecular weight is 314 g/mol. The first-order valence-electron chi connectivity index (χ1n) is 7.56. The number of hydrogen-bond donors (Lipinski definition) is 2. The predicted molar refractivity (Wildman–Crippen MR) is 84.6 cm³/mol. The quantitative estimate of drug-likeness (QED) is 0.437. The Morgan fingerprint density at radius 2 is 1.95 bits per heavy atom. The maximum atomic E-state index is 12.4. The van der Waals surface area contributed by atoms with Crippen molar-refractivity contribution in [2.24, 2.45) is 11.8 Å². The zero-order valence-electron chi connectivity index (χ0n) is 12.9. The Balaban J connectivity index is 1.78. The second-order valence-corrected chi connectivity index (χ2v) is 8.28. The molecule has 7 heteroatoms. The van der Waals surface area contributed by atoms with Gasteiger partial charge in [0.2, 0.25) is 11.8 Å². The number of hydrogen-bond acceptors (Lipinski definition) is 5. The molecule has 0 unspecified atom stereocenters. The van der Waals surface area contributed by atoms with E-state index in [2.05, 4.69) is 24.2 Å². The summed E-state index contributed by atoms with van der Waals surface area (Å²) in [4.78, 5) is 28.0. The normalized spacial score (nSPS) is 23.9. The molecule has 0 spiro atoms. The van der Waals surface area contributed by atoms with Gasteiger partial charge >= 0.3 is 0 Å². The number of carbonyl (C=O) groups excluding carboxylic acids is 2. The molecule has 6 nitrogen and oxygen atoms in total. The smallest absolute Gasteiger partial charge is 0.237 e. The first-order chi connectivity index (χ1) is 9.91. The molecule has 2 saturated heterocycles. The van der Waals surface area contributed by atoms with Crippen molar-refractivity contribution in [1.82, 2.24) is 15.2 Å². The summed E-state index contributed by atoms with van der Waals surface area (Å²) in [5, 5.41) is 0. The van der Waals surface area contributed by atoms with Crippen molar-refractivity contribution in [3.05, 3.63) is 0 Å². The minimum atomic E-state index is -0.114. The molecule has 0 aromatic heterocycles. The molecule has 2 heterocycles. The molecule has 2 rings (SSSR count). The molecular formula is C14H26N4O2S. The van der Waals surface area contributed by atoms with E-state index in [1.807, 2.05) is 16.7 Å². The molecule has 0 atom stereocenters. The van der Waals surface area contributed by atoms with Crippen LogP contribution in [0.5, 0.6) is 0 Å². The van der Waals surface area contributed by atoms with E-state index in [9.17, 15) is 9.59 Å². The van der Waals surface area contributed by atoms with Crippen LogP contribution in [0.4, 0.5) is 0 Å². The third-order valence-electron chi connectivity index (χ3n) is 4.22. The van der Waals surface area contributed by atoms with Gasteiger partial charge in [-0.05, 0) is 26.7 Å². The van der Waals surface area contributed by atoms with E-state index in [-0.39, 0.29) is 22.5 Å². The number of thioether (sulfide) groups is 1. The van der Waals surface area contributed by atoms with Crippen LogP contribution in [0.1, 0.15) is 26.7 Å². The summed E-state index contributed by atoms with van der Waals surface area (Å²) in [6.45, 7) is 8.20. The van der Waals surface area contributed by atoms with Crippen molar-refractivity contribution in [2.75, 3.05) is 38.5 Å². The second-order valence-electron chi connectivity index (χ2n) is 6.48. The highest BCUT2D eigenvalue weighted by atomic mass is 32.2. The van der Waals surface area contributed by atoms with Crippen LogP contribution in [0, 0.1) is 5.92 Å². The Bertz CT molecular complexity index is 394. The topological polar surface area (TPSA) is 78.7 Å². The number of carbonyl (C=O) groups is 2. The maximum Gasteiger partial charge on any atom is 0.237 e. The maximum absolute atomic E-state index is 12.4. The Morgan fingerprint density at radius 1 is 1.29 bits per heavy atom. The molecular weight excluding hydrogens is 288 g/mol. The standard InChI is InChI=1S/C14H26N4O2S/c1-14(2)10-17(7-8-21-14)9-12(19)18-5-3-11(4-6-18)13(20)16-15/h11H,3-10,15H2,1-2H3,(H,16,20). The van der Waals surface area contributed by atoms with Crippen LogP contribution in [0.25, 0.3) is 0 Å². The second kappa shape index (κ2) is 6.98. The average Bonchev–Trinajstić information content (AvgIpc) is 2.45. The third kappa shape index (κ3) is 4.59. The van der Waals surface area contributed by atoms with Crippen molar-refractivity contribution in [2.45, 2.75) is 31.4 Å². The molecule has 0 bridgehead atoms. The number of likely N-dealkylation sites (tertiary alicyclic amines) is 1. The molecule has 3 N–H and O–H groups in total. The van der Waals surface area contributed by atoms with Crippen LogP contribution in [-0.4, -0.2) is 64.8 Å². The minimum absolute atomic E-state index is 0.0515. The fourth-order valence-electron chi connectivity index (χ4n) is 3.05. The fraction of sp³-hybridized carbons (Fsp3) is 0.857. The number of rotatable bonds is 3. The molecule has 0 aromatic rings. The van der Waals surface area contributed by atoms with Crippen LogP contribution in [0.2, 0.25) is 0 Å². The Morgan fingerprint density at radius 3 is 2.52 bits per heavy atom. The number of nitrogens with one attached hydrogen (secondary N) is 1. The van der Waals surface area contributed by atoms with Gasteiger partial charge in [0.25, 0.3) is 0 Å². The van der Waals surface area contributed by atoms with Crippen LogP contribution in [0.15, 0.2) is 0 Å². The summed E-state index contributed by atoms with van der Waals surface area (Å²) in [7, 11) is 0. The number of piperidine rings is 1. The van der Waals surface area contributed by atoms with Crippen LogP contribution < -0.4 is 11.3 Å². The highest BCUT2D eigenvalue weighted by Crippen LogP contribution is 2.29. The van der Waals surface area contributed by atoms with Gasteiger partial charge in [-0.3, -0.25) is 19.9 Å². The highest BCUT2D eigenvalue weighted by molar-refractivity contribution is 8.00. The largest absolute Gasteiger partial charge is 0.342 e. The van der Waals surface area contributed by atoms with E-state index >= 15 is 0 Å². The van der Waals surface area contributed by atoms with E-state index in [0.29, 0.717) is 32.5 Å². The van der Waals surface area contributed by atoms with Gasteiger partial charge in [-0.25, -0.2) is 5.84 Å². The lowest BCUT2D eigenvalue weighted by atomic mass is 9.96. The number of hydrazine groups is 1. The minimum Gasteiger partial charge on any atom is -0.342 e. The van der Waals surface area contributed by atoms with Crippen LogP contribution in [0.3, 0.4) is 0 Å². The molecule has 0 radical (unpaired) electrons. The van der Waals surface area contributed by atoms with E-state index in [0.717, 1.165) is 18.8 Å². The molecule has 2 aliphatic heterocycles. The molecule has 120 valence electrons. The van der Waals surface area contributed by atoms with Gasteiger partial charge in [0.05, 0.1) is 6.54 Å². The summed E-state index contributed by atoms with van der Waals surface area (Å²) in [5.41, 5.74) is 2.20. The summed E-state index contributed by atoms with van der Waals surface area (Å²) < 4.78 is 0.227. The number of nitrogens with two attached hydrogens (primary N) is 1. The van der Waals surface area contributed by atoms with Crippen molar-refractivity contribution >= 4 is 23.6 Å². The van der Waals surface area contributed by atoms with Gasteiger partial charge in [0.15, 0.2) is 0 Å². The molecule has 2 aliphatic rings. The SMILES string of the molecule is CC1(C)CN(CC(=O)N2CCC(C(=O)NN)CC2)CCS1. The van der Waals surface area contributed by atoms with E-state index < -0.39 is 0 Å². The van der Waals surface area contributed by atoms with E-state index in [4.69, 9.17) is 5.84 Å². The monoisotopic (exact) mass is 314 g/mol. The van der Waals surface area contributed by atoms with Crippen LogP contribution in [-0.2, 0) is 9.59 Å². The van der Waals surface area contributed by atoms with E-state index in [1.165, 1.54) is 0 Å². The highest BCUT2D eigenvalue weighted by Gasteiger charge is 2.31. The molecule has 2 amide bonds. The van der Waals surface area contributed by atoms with Crippen molar-refractivity contribution < 1.29 is 9.59 Å². The molecule has 0 aromatic carbocycles. The first-order valence-corrected chi connectivity index (χ1v) is 8.54. The van der Waals surface area contributed by atoms with Gasteiger partial charge in [0.1, 0.15) is 0 Å². The lowest BCUT2D eigenvalue weighted by Gasteiger charge is -2.38. The van der Waals surface area contributed by atoms with E-state index in [1.54, 1.807) is 0 Å². The van der Waals surface area contributed by atoms with Crippen LogP contribution >= 0.6 is 11.8 Å². The third-order valence-corrected chi connectivity index (χ3v) is 5.52. The number of nitrogens with zero attached hydrogens (tertiary/aromatic N) is 2. The summed E-state index contributed by atoms with van der Waals surface area (Å²) in [5.74, 6) is 6.26. The molecule has 2 fully saturated rings. The van der Waals surface area contributed by atoms with Crippen molar-refractivity contribution in [1.29, 1.82) is 0 Å². The summed E-state index contributed by atoms with van der Waals surface area (Å²) in [6, 6.07) is 0. The van der Waals surface area contributed by atoms with Crippen molar-refractivity contribution in [3.8, 4) is 0 Å². The number of amides is 2.